The minimum atomic E-state index is -0.0690. The van der Waals surface area contributed by atoms with Gasteiger partial charge in [0.05, 0.1) is 19.1 Å². The summed E-state index contributed by atoms with van der Waals surface area (Å²) in [5, 5.41) is 0. The van der Waals surface area contributed by atoms with Crippen LogP contribution in [0.5, 0.6) is 0 Å². The fourth-order valence-electron chi connectivity index (χ4n) is 4.76. The van der Waals surface area contributed by atoms with Crippen LogP contribution in [0.4, 0.5) is 0 Å². The third kappa shape index (κ3) is 2.98. The Morgan fingerprint density at radius 1 is 1.21 bits per heavy atom. The molecule has 1 aromatic carbocycles. The molecule has 3 heterocycles. The van der Waals surface area contributed by atoms with E-state index in [2.05, 4.69) is 34.9 Å². The van der Waals surface area contributed by atoms with Crippen LogP contribution in [0.25, 0.3) is 0 Å². The maximum atomic E-state index is 12.9. The summed E-state index contributed by atoms with van der Waals surface area (Å²) in [6.07, 6.45) is 5.11. The number of fused-ring (bicyclic) bond motifs is 1. The average molecular weight is 328 g/mol. The number of nitrogens with zero attached hydrogens (tertiary/aromatic N) is 2. The minimum absolute atomic E-state index is 0.0690. The van der Waals surface area contributed by atoms with Crippen LogP contribution in [0.2, 0.25) is 0 Å². The van der Waals surface area contributed by atoms with E-state index in [1.54, 1.807) is 0 Å². The molecule has 0 spiro atoms. The van der Waals surface area contributed by atoms with Crippen molar-refractivity contribution in [2.24, 2.45) is 0 Å². The summed E-state index contributed by atoms with van der Waals surface area (Å²) < 4.78 is 5.94. The van der Waals surface area contributed by atoms with Crippen molar-refractivity contribution >= 4 is 5.91 Å². The fourth-order valence-corrected chi connectivity index (χ4v) is 4.76. The van der Waals surface area contributed by atoms with Crippen molar-refractivity contribution in [3.05, 3.63) is 35.4 Å². The maximum Gasteiger partial charge on any atom is 0.225 e. The Bertz CT molecular complexity index is 597. The molecule has 0 aliphatic carbocycles. The standard InChI is InChI=1S/C20H28N2O2/c1-15-18(21-10-4-5-11-21)8-12-22(15)20(23)14-19-17-7-3-2-6-16(17)9-13-24-19/h2-3,6-7,15,18-19H,4-5,8-14H2,1H3/t15-,18+,19+/m1/s1. The van der Waals surface area contributed by atoms with Crippen LogP contribution in [-0.2, 0) is 16.0 Å². The molecule has 1 amide bonds. The molecule has 0 aromatic heterocycles. The first kappa shape index (κ1) is 16.1. The van der Waals surface area contributed by atoms with Gasteiger partial charge in [-0.3, -0.25) is 9.69 Å². The normalized spacial score (nSPS) is 30.5. The lowest BCUT2D eigenvalue weighted by atomic mass is 9.95. The Kier molecular flexibility index (Phi) is 4.59. The largest absolute Gasteiger partial charge is 0.373 e. The molecule has 24 heavy (non-hydrogen) atoms. The fraction of sp³-hybridized carbons (Fsp3) is 0.650. The quantitative estimate of drug-likeness (QED) is 0.855. The lowest BCUT2D eigenvalue weighted by molar-refractivity contribution is -0.135. The molecule has 2 saturated heterocycles. The van der Waals surface area contributed by atoms with Crippen LogP contribution < -0.4 is 0 Å². The van der Waals surface area contributed by atoms with Gasteiger partial charge in [-0.15, -0.1) is 0 Å². The molecule has 0 bridgehead atoms. The lowest BCUT2D eigenvalue weighted by Gasteiger charge is -2.32. The summed E-state index contributed by atoms with van der Waals surface area (Å²) in [5.74, 6) is 0.255. The van der Waals surface area contributed by atoms with E-state index in [1.807, 2.05) is 6.07 Å². The van der Waals surface area contributed by atoms with Gasteiger partial charge < -0.3 is 9.64 Å². The van der Waals surface area contributed by atoms with Crippen molar-refractivity contribution < 1.29 is 9.53 Å². The topological polar surface area (TPSA) is 32.8 Å². The first-order valence-corrected chi connectivity index (χ1v) is 9.47. The second-order valence-corrected chi connectivity index (χ2v) is 7.44. The number of carbonyl (C=O) groups excluding carboxylic acids is 1. The van der Waals surface area contributed by atoms with Crippen LogP contribution in [0.15, 0.2) is 24.3 Å². The van der Waals surface area contributed by atoms with Crippen molar-refractivity contribution in [1.82, 2.24) is 9.80 Å². The molecule has 4 rings (SSSR count). The van der Waals surface area contributed by atoms with Crippen LogP contribution >= 0.6 is 0 Å². The molecule has 3 aliphatic heterocycles. The zero-order chi connectivity index (χ0) is 16.5. The van der Waals surface area contributed by atoms with E-state index in [1.165, 1.54) is 37.1 Å². The summed E-state index contributed by atoms with van der Waals surface area (Å²) in [6.45, 7) is 6.26. The molecule has 0 radical (unpaired) electrons. The highest BCUT2D eigenvalue weighted by atomic mass is 16.5. The molecule has 1 aromatic rings. The van der Waals surface area contributed by atoms with Gasteiger partial charge in [0.25, 0.3) is 0 Å². The van der Waals surface area contributed by atoms with Gasteiger partial charge in [0.15, 0.2) is 0 Å². The average Bonchev–Trinajstić information content (AvgIpc) is 3.24. The zero-order valence-electron chi connectivity index (χ0n) is 14.6. The van der Waals surface area contributed by atoms with Crippen molar-refractivity contribution in [3.8, 4) is 0 Å². The number of carbonyl (C=O) groups is 1. The minimum Gasteiger partial charge on any atom is -0.373 e. The van der Waals surface area contributed by atoms with Crippen LogP contribution in [0, 0.1) is 0 Å². The van der Waals surface area contributed by atoms with Gasteiger partial charge in [-0.1, -0.05) is 24.3 Å². The van der Waals surface area contributed by atoms with E-state index in [9.17, 15) is 4.79 Å². The molecular formula is C20H28N2O2. The van der Waals surface area contributed by atoms with Gasteiger partial charge in [0.1, 0.15) is 0 Å². The summed E-state index contributed by atoms with van der Waals surface area (Å²) >= 11 is 0. The molecule has 3 atom stereocenters. The Balaban J connectivity index is 1.42. The molecule has 0 N–H and O–H groups in total. The van der Waals surface area contributed by atoms with Gasteiger partial charge in [0.2, 0.25) is 5.91 Å². The third-order valence-corrected chi connectivity index (χ3v) is 6.10. The first-order chi connectivity index (χ1) is 11.7. The molecule has 4 heteroatoms. The Morgan fingerprint density at radius 3 is 2.83 bits per heavy atom. The molecule has 2 fully saturated rings. The van der Waals surface area contributed by atoms with Gasteiger partial charge in [0, 0.05) is 18.6 Å². The van der Waals surface area contributed by atoms with E-state index in [0.29, 0.717) is 18.5 Å². The first-order valence-electron chi connectivity index (χ1n) is 9.47. The summed E-state index contributed by atoms with van der Waals surface area (Å²) in [7, 11) is 0. The molecule has 0 saturated carbocycles. The van der Waals surface area contributed by atoms with E-state index < -0.39 is 0 Å². The van der Waals surface area contributed by atoms with Gasteiger partial charge in [-0.05, 0) is 56.8 Å². The highest BCUT2D eigenvalue weighted by molar-refractivity contribution is 5.77. The highest BCUT2D eigenvalue weighted by Gasteiger charge is 2.38. The van der Waals surface area contributed by atoms with Gasteiger partial charge >= 0.3 is 0 Å². The van der Waals surface area contributed by atoms with Crippen LogP contribution in [-0.4, -0.2) is 54.0 Å². The van der Waals surface area contributed by atoms with Crippen molar-refractivity contribution in [2.75, 3.05) is 26.2 Å². The van der Waals surface area contributed by atoms with E-state index in [0.717, 1.165) is 26.0 Å². The molecular weight excluding hydrogens is 300 g/mol. The Hall–Kier alpha value is -1.39. The predicted octanol–water partition coefficient (Wildman–Crippen LogP) is 2.78. The van der Waals surface area contributed by atoms with E-state index in [4.69, 9.17) is 4.74 Å². The number of hydrogen-bond donors (Lipinski definition) is 0. The second kappa shape index (κ2) is 6.85. The van der Waals surface area contributed by atoms with Gasteiger partial charge in [-0.25, -0.2) is 0 Å². The number of ether oxygens (including phenoxy) is 1. The maximum absolute atomic E-state index is 12.9. The number of amides is 1. The molecule has 3 aliphatic rings. The molecule has 130 valence electrons. The summed E-state index contributed by atoms with van der Waals surface area (Å²) in [6, 6.07) is 9.29. The Labute approximate surface area is 144 Å². The monoisotopic (exact) mass is 328 g/mol. The lowest BCUT2D eigenvalue weighted by Crippen LogP contribution is -2.44. The number of benzene rings is 1. The number of likely N-dealkylation sites (tertiary alicyclic amines) is 2. The van der Waals surface area contributed by atoms with Crippen molar-refractivity contribution in [3.63, 3.8) is 0 Å². The number of rotatable bonds is 3. The zero-order valence-corrected chi connectivity index (χ0v) is 14.6. The second-order valence-electron chi connectivity index (χ2n) is 7.44. The van der Waals surface area contributed by atoms with E-state index >= 15 is 0 Å². The third-order valence-electron chi connectivity index (χ3n) is 6.10. The smallest absolute Gasteiger partial charge is 0.225 e. The van der Waals surface area contributed by atoms with Crippen molar-refractivity contribution in [1.29, 1.82) is 0 Å². The Morgan fingerprint density at radius 2 is 2.00 bits per heavy atom. The molecule has 4 nitrogen and oxygen atoms in total. The van der Waals surface area contributed by atoms with E-state index in [-0.39, 0.29) is 12.0 Å². The SMILES string of the molecule is C[C@@H]1[C@@H](N2CCCC2)CCN1C(=O)C[C@@H]1OCCc2ccccc21. The van der Waals surface area contributed by atoms with Gasteiger partial charge in [-0.2, -0.15) is 0 Å². The number of hydrogen-bond acceptors (Lipinski definition) is 3. The predicted molar refractivity (Wildman–Crippen MR) is 93.8 cm³/mol. The van der Waals surface area contributed by atoms with Crippen molar-refractivity contribution in [2.45, 2.75) is 57.2 Å². The summed E-state index contributed by atoms with van der Waals surface area (Å²) in [4.78, 5) is 17.6. The van der Waals surface area contributed by atoms with Crippen LogP contribution in [0.3, 0.4) is 0 Å². The molecule has 0 unspecified atom stereocenters. The summed E-state index contributed by atoms with van der Waals surface area (Å²) in [5.41, 5.74) is 2.55. The highest BCUT2D eigenvalue weighted by Crippen LogP contribution is 2.32. The van der Waals surface area contributed by atoms with Crippen LogP contribution in [0.1, 0.15) is 49.8 Å².